The summed E-state index contributed by atoms with van der Waals surface area (Å²) in [7, 11) is 0. The molecule has 1 unspecified atom stereocenters. The predicted octanol–water partition coefficient (Wildman–Crippen LogP) is 0.931. The van der Waals surface area contributed by atoms with E-state index < -0.39 is 0 Å². The first-order chi connectivity index (χ1) is 8.83. The minimum atomic E-state index is 0.789. The lowest BCUT2D eigenvalue weighted by molar-refractivity contribution is 0.0986. The van der Waals surface area contributed by atoms with Gasteiger partial charge in [-0.3, -0.25) is 9.80 Å². The van der Waals surface area contributed by atoms with E-state index in [1.165, 1.54) is 56.3 Å². The Balaban J connectivity index is 1.49. The topological polar surface area (TPSA) is 31.4 Å². The molecule has 0 saturated carbocycles. The zero-order chi connectivity index (χ0) is 12.4. The smallest absolute Gasteiger partial charge is 0.0798 e. The maximum absolute atomic E-state index is 4.33. The maximum Gasteiger partial charge on any atom is 0.0798 e. The van der Waals surface area contributed by atoms with Crippen molar-refractivity contribution in [1.82, 2.24) is 20.1 Å². The number of thiazole rings is 1. The molecule has 2 fully saturated rings. The van der Waals surface area contributed by atoms with Crippen molar-refractivity contribution in [3.05, 3.63) is 16.1 Å². The fourth-order valence-corrected chi connectivity index (χ4v) is 3.74. The minimum Gasteiger partial charge on any atom is -0.315 e. The highest BCUT2D eigenvalue weighted by atomic mass is 32.1. The largest absolute Gasteiger partial charge is 0.315 e. The molecule has 1 aromatic heterocycles. The molecule has 100 valence electrons. The average molecular weight is 266 g/mol. The van der Waals surface area contributed by atoms with E-state index >= 15 is 0 Å². The fraction of sp³-hybridized carbons (Fsp3) is 0.769. The lowest BCUT2D eigenvalue weighted by Gasteiger charge is -2.37. The Labute approximate surface area is 113 Å². The molecule has 0 aromatic carbocycles. The molecular formula is C13H22N4S. The number of aromatic nitrogens is 1. The zero-order valence-corrected chi connectivity index (χ0v) is 11.9. The Morgan fingerprint density at radius 1 is 1.39 bits per heavy atom. The standard InChI is InChI=1S/C13H22N4S/c1-11-13(18-10-15-11)9-16-4-6-17(7-5-16)12-2-3-14-8-12/h10,12,14H,2-9H2,1H3. The van der Waals surface area contributed by atoms with Crippen LogP contribution >= 0.6 is 11.3 Å². The van der Waals surface area contributed by atoms with Crippen LogP contribution in [0.4, 0.5) is 0 Å². The lowest BCUT2D eigenvalue weighted by Crippen LogP contribution is -2.50. The molecule has 1 atom stereocenters. The normalized spacial score (nSPS) is 26.8. The summed E-state index contributed by atoms with van der Waals surface area (Å²) in [6, 6.07) is 0.789. The van der Waals surface area contributed by atoms with Crippen molar-refractivity contribution in [2.75, 3.05) is 39.3 Å². The molecular weight excluding hydrogens is 244 g/mol. The van der Waals surface area contributed by atoms with Crippen molar-refractivity contribution in [2.45, 2.75) is 25.9 Å². The van der Waals surface area contributed by atoms with Gasteiger partial charge in [-0.1, -0.05) is 0 Å². The minimum absolute atomic E-state index is 0.789. The Morgan fingerprint density at radius 2 is 2.22 bits per heavy atom. The summed E-state index contributed by atoms with van der Waals surface area (Å²) in [6.07, 6.45) is 1.33. The van der Waals surface area contributed by atoms with Crippen LogP contribution in [0.1, 0.15) is 17.0 Å². The van der Waals surface area contributed by atoms with Gasteiger partial charge in [0.25, 0.3) is 0 Å². The third-order valence-corrected chi connectivity index (χ3v) is 5.09. The summed E-state index contributed by atoms with van der Waals surface area (Å²) in [5.74, 6) is 0. The first-order valence-corrected chi connectivity index (χ1v) is 7.77. The van der Waals surface area contributed by atoms with Crippen LogP contribution < -0.4 is 5.32 Å². The molecule has 2 aliphatic heterocycles. The van der Waals surface area contributed by atoms with Gasteiger partial charge in [0.1, 0.15) is 0 Å². The van der Waals surface area contributed by atoms with Gasteiger partial charge in [-0.25, -0.2) is 4.98 Å². The summed E-state index contributed by atoms with van der Waals surface area (Å²) in [6.45, 7) is 10.5. The van der Waals surface area contributed by atoms with E-state index in [1.54, 1.807) is 11.3 Å². The molecule has 0 amide bonds. The fourth-order valence-electron chi connectivity index (χ4n) is 2.92. The van der Waals surface area contributed by atoms with Crippen molar-refractivity contribution in [2.24, 2.45) is 0 Å². The second-order valence-corrected chi connectivity index (χ2v) is 6.26. The van der Waals surface area contributed by atoms with Gasteiger partial charge in [0.2, 0.25) is 0 Å². The molecule has 18 heavy (non-hydrogen) atoms. The molecule has 3 heterocycles. The summed E-state index contributed by atoms with van der Waals surface area (Å²) in [5, 5.41) is 3.46. The highest BCUT2D eigenvalue weighted by Gasteiger charge is 2.26. The lowest BCUT2D eigenvalue weighted by atomic mass is 10.2. The third kappa shape index (κ3) is 2.74. The second kappa shape index (κ2) is 5.65. The Morgan fingerprint density at radius 3 is 2.83 bits per heavy atom. The summed E-state index contributed by atoms with van der Waals surface area (Å²) >= 11 is 1.79. The molecule has 0 bridgehead atoms. The van der Waals surface area contributed by atoms with E-state index in [-0.39, 0.29) is 0 Å². The van der Waals surface area contributed by atoms with Gasteiger partial charge in [0.15, 0.2) is 0 Å². The highest BCUT2D eigenvalue weighted by Crippen LogP contribution is 2.17. The molecule has 0 aliphatic carbocycles. The van der Waals surface area contributed by atoms with Crippen LogP contribution in [-0.4, -0.2) is 60.1 Å². The van der Waals surface area contributed by atoms with Crippen molar-refractivity contribution in [1.29, 1.82) is 0 Å². The Hall–Kier alpha value is -0.490. The van der Waals surface area contributed by atoms with Crippen molar-refractivity contribution >= 4 is 11.3 Å². The van der Waals surface area contributed by atoms with Gasteiger partial charge in [-0.15, -0.1) is 11.3 Å². The van der Waals surface area contributed by atoms with Gasteiger partial charge < -0.3 is 5.32 Å². The molecule has 1 N–H and O–H groups in total. The van der Waals surface area contributed by atoms with Gasteiger partial charge in [-0.05, 0) is 19.9 Å². The Kier molecular flexibility index (Phi) is 3.94. The SMILES string of the molecule is Cc1ncsc1CN1CCN(C2CCNC2)CC1. The van der Waals surface area contributed by atoms with Gasteiger partial charge in [0, 0.05) is 50.2 Å². The van der Waals surface area contributed by atoms with E-state index in [4.69, 9.17) is 0 Å². The van der Waals surface area contributed by atoms with E-state index in [0.717, 1.165) is 12.6 Å². The average Bonchev–Trinajstić information content (AvgIpc) is 3.03. The van der Waals surface area contributed by atoms with E-state index in [9.17, 15) is 0 Å². The number of piperazine rings is 1. The van der Waals surface area contributed by atoms with Crippen LogP contribution in [0.3, 0.4) is 0 Å². The molecule has 5 heteroatoms. The van der Waals surface area contributed by atoms with E-state index in [0.29, 0.717) is 0 Å². The summed E-state index contributed by atoms with van der Waals surface area (Å²) in [5.41, 5.74) is 3.17. The predicted molar refractivity (Wildman–Crippen MR) is 75.0 cm³/mol. The molecule has 0 spiro atoms. The molecule has 1 aromatic rings. The second-order valence-electron chi connectivity index (χ2n) is 5.32. The monoisotopic (exact) mass is 266 g/mol. The zero-order valence-electron chi connectivity index (χ0n) is 11.1. The number of rotatable bonds is 3. The number of nitrogens with zero attached hydrogens (tertiary/aromatic N) is 3. The molecule has 4 nitrogen and oxygen atoms in total. The first-order valence-electron chi connectivity index (χ1n) is 6.89. The first kappa shape index (κ1) is 12.5. The van der Waals surface area contributed by atoms with Gasteiger partial charge in [0.05, 0.1) is 11.2 Å². The van der Waals surface area contributed by atoms with Gasteiger partial charge >= 0.3 is 0 Å². The maximum atomic E-state index is 4.33. The molecule has 0 radical (unpaired) electrons. The number of aryl methyl sites for hydroxylation is 1. The van der Waals surface area contributed by atoms with Crippen LogP contribution in [0.25, 0.3) is 0 Å². The van der Waals surface area contributed by atoms with Gasteiger partial charge in [-0.2, -0.15) is 0 Å². The summed E-state index contributed by atoms with van der Waals surface area (Å²) in [4.78, 5) is 11.0. The van der Waals surface area contributed by atoms with Crippen LogP contribution in [0, 0.1) is 6.92 Å². The van der Waals surface area contributed by atoms with Crippen molar-refractivity contribution < 1.29 is 0 Å². The Bertz CT molecular complexity index is 378. The third-order valence-electron chi connectivity index (χ3n) is 4.17. The number of nitrogens with one attached hydrogen (secondary N) is 1. The van der Waals surface area contributed by atoms with E-state index in [1.807, 2.05) is 5.51 Å². The number of hydrogen-bond donors (Lipinski definition) is 1. The van der Waals surface area contributed by atoms with Crippen molar-refractivity contribution in [3.63, 3.8) is 0 Å². The quantitative estimate of drug-likeness (QED) is 0.882. The van der Waals surface area contributed by atoms with E-state index in [2.05, 4.69) is 27.0 Å². The molecule has 2 aliphatic rings. The number of hydrogen-bond acceptors (Lipinski definition) is 5. The van der Waals surface area contributed by atoms with Crippen molar-refractivity contribution in [3.8, 4) is 0 Å². The van der Waals surface area contributed by atoms with Crippen LogP contribution in [-0.2, 0) is 6.54 Å². The van der Waals surface area contributed by atoms with Crippen LogP contribution in [0.15, 0.2) is 5.51 Å². The molecule has 3 rings (SSSR count). The highest BCUT2D eigenvalue weighted by molar-refractivity contribution is 7.09. The van der Waals surface area contributed by atoms with Crippen LogP contribution in [0.5, 0.6) is 0 Å². The summed E-state index contributed by atoms with van der Waals surface area (Å²) < 4.78 is 0. The molecule has 2 saturated heterocycles. The van der Waals surface area contributed by atoms with Crippen LogP contribution in [0.2, 0.25) is 0 Å².